The second-order valence-corrected chi connectivity index (χ2v) is 4.72. The summed E-state index contributed by atoms with van der Waals surface area (Å²) in [5.41, 5.74) is 1.00. The van der Waals surface area contributed by atoms with Gasteiger partial charge in [-0.1, -0.05) is 12.1 Å². The van der Waals surface area contributed by atoms with Crippen molar-refractivity contribution in [1.29, 1.82) is 0 Å². The number of rotatable bonds is 2. The number of aromatic nitrogens is 2. The molecule has 1 aromatic carbocycles. The van der Waals surface area contributed by atoms with Gasteiger partial charge in [0.2, 0.25) is 0 Å². The molecule has 0 unspecified atom stereocenters. The monoisotopic (exact) mass is 299 g/mol. The summed E-state index contributed by atoms with van der Waals surface area (Å²) in [6.45, 7) is 0. The number of hydrogen-bond acceptors (Lipinski definition) is 3. The van der Waals surface area contributed by atoms with E-state index in [1.807, 2.05) is 36.5 Å². The number of hydrogen-bond donors (Lipinski definition) is 1. The Morgan fingerprint density at radius 2 is 1.94 bits per heavy atom. The standard InChI is InChI=1S/C14H10BrN3/c15-12-4-2-7-17-14(12)18-13-5-1-3-10-6-8-16-9-11(10)13/h1-9H,(H,17,18). The van der Waals surface area contributed by atoms with Crippen LogP contribution in [0.2, 0.25) is 0 Å². The predicted molar refractivity (Wildman–Crippen MR) is 77.0 cm³/mol. The Labute approximate surface area is 113 Å². The smallest absolute Gasteiger partial charge is 0.144 e. The Hall–Kier alpha value is -1.94. The molecule has 0 bridgehead atoms. The Morgan fingerprint density at radius 1 is 1.00 bits per heavy atom. The van der Waals surface area contributed by atoms with Crippen LogP contribution in [0.4, 0.5) is 11.5 Å². The van der Waals surface area contributed by atoms with Crippen LogP contribution >= 0.6 is 15.9 Å². The van der Waals surface area contributed by atoms with Crippen LogP contribution in [0, 0.1) is 0 Å². The molecule has 0 aliphatic rings. The number of nitrogens with one attached hydrogen (secondary N) is 1. The van der Waals surface area contributed by atoms with Crippen LogP contribution in [-0.2, 0) is 0 Å². The van der Waals surface area contributed by atoms with Gasteiger partial charge in [-0.3, -0.25) is 4.98 Å². The van der Waals surface area contributed by atoms with E-state index in [0.717, 1.165) is 26.8 Å². The molecule has 3 nitrogen and oxygen atoms in total. The molecule has 18 heavy (non-hydrogen) atoms. The Balaban J connectivity index is 2.08. The van der Waals surface area contributed by atoms with Crippen molar-refractivity contribution < 1.29 is 0 Å². The van der Waals surface area contributed by atoms with Gasteiger partial charge in [0.05, 0.1) is 4.47 Å². The van der Waals surface area contributed by atoms with E-state index in [0.29, 0.717) is 0 Å². The highest BCUT2D eigenvalue weighted by molar-refractivity contribution is 9.10. The van der Waals surface area contributed by atoms with E-state index in [9.17, 15) is 0 Å². The number of anilines is 2. The summed E-state index contributed by atoms with van der Waals surface area (Å²) in [6.07, 6.45) is 5.41. The summed E-state index contributed by atoms with van der Waals surface area (Å²) in [5, 5.41) is 5.55. The molecule has 0 atom stereocenters. The molecule has 0 amide bonds. The van der Waals surface area contributed by atoms with Crippen LogP contribution in [0.15, 0.2) is 59.5 Å². The lowest BCUT2D eigenvalue weighted by atomic mass is 10.1. The second-order valence-electron chi connectivity index (χ2n) is 3.86. The number of fused-ring (bicyclic) bond motifs is 1. The lowest BCUT2D eigenvalue weighted by Gasteiger charge is -2.09. The highest BCUT2D eigenvalue weighted by atomic mass is 79.9. The molecular weight excluding hydrogens is 290 g/mol. The van der Waals surface area contributed by atoms with E-state index in [4.69, 9.17) is 0 Å². The molecule has 88 valence electrons. The predicted octanol–water partition coefficient (Wildman–Crippen LogP) is 4.14. The summed E-state index contributed by atoms with van der Waals surface area (Å²) in [6, 6.07) is 11.9. The van der Waals surface area contributed by atoms with Crippen LogP contribution in [-0.4, -0.2) is 9.97 Å². The molecule has 0 saturated heterocycles. The van der Waals surface area contributed by atoms with Gasteiger partial charge in [-0.2, -0.15) is 0 Å². The van der Waals surface area contributed by atoms with Gasteiger partial charge in [-0.25, -0.2) is 4.98 Å². The summed E-state index contributed by atoms with van der Waals surface area (Å²) in [4.78, 5) is 8.47. The fourth-order valence-corrected chi connectivity index (χ4v) is 2.18. The number of halogens is 1. The first-order valence-corrected chi connectivity index (χ1v) is 6.34. The fraction of sp³-hybridized carbons (Fsp3) is 0. The minimum absolute atomic E-state index is 0.800. The maximum Gasteiger partial charge on any atom is 0.144 e. The normalized spacial score (nSPS) is 10.5. The van der Waals surface area contributed by atoms with Crippen molar-refractivity contribution in [2.45, 2.75) is 0 Å². The molecule has 0 aliphatic heterocycles. The molecule has 2 heterocycles. The van der Waals surface area contributed by atoms with Gasteiger partial charge >= 0.3 is 0 Å². The highest BCUT2D eigenvalue weighted by Gasteiger charge is 2.04. The topological polar surface area (TPSA) is 37.8 Å². The molecule has 0 aliphatic carbocycles. The van der Waals surface area contributed by atoms with Gasteiger partial charge in [0.15, 0.2) is 0 Å². The van der Waals surface area contributed by atoms with Crippen LogP contribution in [0.1, 0.15) is 0 Å². The van der Waals surface area contributed by atoms with Gasteiger partial charge < -0.3 is 5.32 Å². The second kappa shape index (κ2) is 4.74. The molecular formula is C14H10BrN3. The van der Waals surface area contributed by atoms with Crippen molar-refractivity contribution >= 4 is 38.2 Å². The van der Waals surface area contributed by atoms with Crippen molar-refractivity contribution in [2.24, 2.45) is 0 Å². The number of pyridine rings is 2. The van der Waals surface area contributed by atoms with Crippen molar-refractivity contribution in [1.82, 2.24) is 9.97 Å². The molecule has 4 heteroatoms. The van der Waals surface area contributed by atoms with Crippen molar-refractivity contribution in [2.75, 3.05) is 5.32 Å². The van der Waals surface area contributed by atoms with Gasteiger partial charge in [0.1, 0.15) is 5.82 Å². The Bertz CT molecular complexity index is 692. The maximum absolute atomic E-state index is 4.30. The summed E-state index contributed by atoms with van der Waals surface area (Å²) in [7, 11) is 0. The minimum Gasteiger partial charge on any atom is -0.339 e. The highest BCUT2D eigenvalue weighted by Crippen LogP contribution is 2.27. The van der Waals surface area contributed by atoms with Crippen molar-refractivity contribution in [3.8, 4) is 0 Å². The molecule has 1 N–H and O–H groups in total. The molecule has 0 saturated carbocycles. The van der Waals surface area contributed by atoms with Crippen LogP contribution in [0.5, 0.6) is 0 Å². The van der Waals surface area contributed by atoms with Crippen LogP contribution in [0.3, 0.4) is 0 Å². The number of benzene rings is 1. The van der Waals surface area contributed by atoms with Crippen LogP contribution < -0.4 is 5.32 Å². The molecule has 3 rings (SSSR count). The molecule has 0 spiro atoms. The first-order chi connectivity index (χ1) is 8.84. The van der Waals surface area contributed by atoms with E-state index in [2.05, 4.69) is 37.3 Å². The van der Waals surface area contributed by atoms with Gasteiger partial charge in [0, 0.05) is 29.7 Å². The largest absolute Gasteiger partial charge is 0.339 e. The third-order valence-corrected chi connectivity index (χ3v) is 3.34. The molecule has 0 fully saturated rings. The van der Waals surface area contributed by atoms with Gasteiger partial charge in [0.25, 0.3) is 0 Å². The lowest BCUT2D eigenvalue weighted by molar-refractivity contribution is 1.29. The molecule has 2 aromatic heterocycles. The summed E-state index contributed by atoms with van der Waals surface area (Å²) >= 11 is 3.48. The first-order valence-electron chi connectivity index (χ1n) is 5.55. The van der Waals surface area contributed by atoms with E-state index < -0.39 is 0 Å². The van der Waals surface area contributed by atoms with Gasteiger partial charge in [-0.15, -0.1) is 0 Å². The average molecular weight is 300 g/mol. The zero-order valence-electron chi connectivity index (χ0n) is 9.47. The third-order valence-electron chi connectivity index (χ3n) is 2.70. The van der Waals surface area contributed by atoms with E-state index in [1.165, 1.54) is 0 Å². The summed E-state index contributed by atoms with van der Waals surface area (Å²) in [5.74, 6) is 0.800. The molecule has 3 aromatic rings. The summed E-state index contributed by atoms with van der Waals surface area (Å²) < 4.78 is 0.936. The Kier molecular flexibility index (Phi) is 2.94. The van der Waals surface area contributed by atoms with E-state index in [1.54, 1.807) is 12.4 Å². The zero-order chi connectivity index (χ0) is 12.4. The van der Waals surface area contributed by atoms with Crippen molar-refractivity contribution in [3.05, 3.63) is 59.5 Å². The van der Waals surface area contributed by atoms with E-state index in [-0.39, 0.29) is 0 Å². The maximum atomic E-state index is 4.30. The number of nitrogens with zero attached hydrogens (tertiary/aromatic N) is 2. The third kappa shape index (κ3) is 2.07. The van der Waals surface area contributed by atoms with Crippen molar-refractivity contribution in [3.63, 3.8) is 0 Å². The quantitative estimate of drug-likeness (QED) is 0.773. The first kappa shape index (κ1) is 11.2. The zero-order valence-corrected chi connectivity index (χ0v) is 11.1. The Morgan fingerprint density at radius 3 is 2.83 bits per heavy atom. The SMILES string of the molecule is Brc1cccnc1Nc1cccc2ccncc12. The average Bonchev–Trinajstić information content (AvgIpc) is 2.42. The fourth-order valence-electron chi connectivity index (χ4n) is 1.83. The van der Waals surface area contributed by atoms with E-state index >= 15 is 0 Å². The minimum atomic E-state index is 0.800. The lowest BCUT2D eigenvalue weighted by Crippen LogP contribution is -1.95. The molecule has 0 radical (unpaired) electrons. The van der Waals surface area contributed by atoms with Crippen LogP contribution in [0.25, 0.3) is 10.8 Å². The van der Waals surface area contributed by atoms with Gasteiger partial charge in [-0.05, 0) is 45.6 Å².